The van der Waals surface area contributed by atoms with E-state index in [0.29, 0.717) is 6.04 Å². The first-order valence-electron chi connectivity index (χ1n) is 5.87. The van der Waals surface area contributed by atoms with Gasteiger partial charge in [-0.3, -0.25) is 0 Å². The lowest BCUT2D eigenvalue weighted by atomic mass is 10.1. The van der Waals surface area contributed by atoms with Crippen LogP contribution in [0.4, 0.5) is 5.69 Å². The first-order chi connectivity index (χ1) is 8.09. The summed E-state index contributed by atoms with van der Waals surface area (Å²) < 4.78 is 1.07. The molecule has 2 nitrogen and oxygen atoms in total. The minimum Gasteiger partial charge on any atom is -0.389 e. The molecule has 1 saturated heterocycles. The molecule has 1 aliphatic heterocycles. The van der Waals surface area contributed by atoms with Gasteiger partial charge < -0.3 is 10.0 Å². The Bertz CT molecular complexity index is 391. The third kappa shape index (κ3) is 2.98. The number of anilines is 1. The van der Waals surface area contributed by atoms with Crippen molar-refractivity contribution in [2.75, 3.05) is 23.5 Å². The Morgan fingerprint density at radius 3 is 2.82 bits per heavy atom. The zero-order valence-electron chi connectivity index (χ0n) is 10.2. The van der Waals surface area contributed by atoms with Crippen molar-refractivity contribution in [3.05, 3.63) is 28.2 Å². The van der Waals surface area contributed by atoms with E-state index >= 15 is 0 Å². The molecule has 94 valence electrons. The number of rotatable bonds is 3. The van der Waals surface area contributed by atoms with Gasteiger partial charge in [0, 0.05) is 23.3 Å². The van der Waals surface area contributed by atoms with Gasteiger partial charge in [-0.1, -0.05) is 6.07 Å². The van der Waals surface area contributed by atoms with Gasteiger partial charge in [0.1, 0.15) is 0 Å². The number of hydrogen-bond acceptors (Lipinski definition) is 3. The first kappa shape index (κ1) is 13.2. The van der Waals surface area contributed by atoms with Crippen molar-refractivity contribution in [3.63, 3.8) is 0 Å². The lowest BCUT2D eigenvalue weighted by Crippen LogP contribution is -2.31. The number of benzene rings is 1. The highest BCUT2D eigenvalue weighted by molar-refractivity contribution is 9.10. The topological polar surface area (TPSA) is 23.5 Å². The van der Waals surface area contributed by atoms with Gasteiger partial charge in [0.2, 0.25) is 0 Å². The summed E-state index contributed by atoms with van der Waals surface area (Å²) in [5, 5.41) is 9.55. The van der Waals surface area contributed by atoms with E-state index in [-0.39, 0.29) is 0 Å². The summed E-state index contributed by atoms with van der Waals surface area (Å²) in [5.74, 6) is 2.47. The Morgan fingerprint density at radius 2 is 2.29 bits per heavy atom. The van der Waals surface area contributed by atoms with Crippen molar-refractivity contribution < 1.29 is 5.11 Å². The molecule has 0 aliphatic carbocycles. The van der Waals surface area contributed by atoms with E-state index in [9.17, 15) is 5.11 Å². The molecular weight excluding hydrogens is 298 g/mol. The SMILES string of the molecule is C[C@@H](O)c1ccc(N(C)C2CCSC2)c(Br)c1. The quantitative estimate of drug-likeness (QED) is 0.924. The monoisotopic (exact) mass is 315 g/mol. The maximum Gasteiger partial charge on any atom is 0.0762 e. The molecule has 0 saturated carbocycles. The van der Waals surface area contributed by atoms with Crippen molar-refractivity contribution in [2.24, 2.45) is 0 Å². The highest BCUT2D eigenvalue weighted by Crippen LogP contribution is 2.32. The van der Waals surface area contributed by atoms with E-state index in [4.69, 9.17) is 0 Å². The highest BCUT2D eigenvalue weighted by atomic mass is 79.9. The van der Waals surface area contributed by atoms with Gasteiger partial charge in [-0.15, -0.1) is 0 Å². The molecule has 1 unspecified atom stereocenters. The van der Waals surface area contributed by atoms with Crippen molar-refractivity contribution in [3.8, 4) is 0 Å². The molecule has 1 aliphatic rings. The molecule has 1 aromatic carbocycles. The maximum absolute atomic E-state index is 9.55. The van der Waals surface area contributed by atoms with Gasteiger partial charge in [0.15, 0.2) is 0 Å². The average molecular weight is 316 g/mol. The minimum atomic E-state index is -0.410. The van der Waals surface area contributed by atoms with Crippen LogP contribution in [-0.4, -0.2) is 29.7 Å². The van der Waals surface area contributed by atoms with Crippen LogP contribution in [0.5, 0.6) is 0 Å². The molecule has 2 atom stereocenters. The van der Waals surface area contributed by atoms with Crippen molar-refractivity contribution >= 4 is 33.4 Å². The molecule has 1 fully saturated rings. The van der Waals surface area contributed by atoms with E-state index < -0.39 is 6.10 Å². The Kier molecular flexibility index (Phi) is 4.39. The molecule has 4 heteroatoms. The largest absolute Gasteiger partial charge is 0.389 e. The molecule has 1 heterocycles. The van der Waals surface area contributed by atoms with Gasteiger partial charge >= 0.3 is 0 Å². The van der Waals surface area contributed by atoms with Gasteiger partial charge in [0.25, 0.3) is 0 Å². The van der Waals surface area contributed by atoms with Crippen LogP contribution < -0.4 is 4.90 Å². The first-order valence-corrected chi connectivity index (χ1v) is 7.82. The molecule has 0 amide bonds. The lowest BCUT2D eigenvalue weighted by molar-refractivity contribution is 0.199. The third-order valence-corrected chi connectivity index (χ3v) is 5.07. The zero-order chi connectivity index (χ0) is 12.4. The Balaban J connectivity index is 2.20. The Morgan fingerprint density at radius 1 is 1.53 bits per heavy atom. The van der Waals surface area contributed by atoms with Crippen molar-refractivity contribution in [2.45, 2.75) is 25.5 Å². The van der Waals surface area contributed by atoms with Gasteiger partial charge in [-0.05, 0) is 52.7 Å². The standard InChI is InChI=1S/C13H18BrNOS/c1-9(16)10-3-4-13(12(14)7-10)15(2)11-5-6-17-8-11/h3-4,7,9,11,16H,5-6,8H2,1-2H3/t9-,11?/m1/s1. The average Bonchev–Trinajstić information content (AvgIpc) is 2.81. The summed E-state index contributed by atoms with van der Waals surface area (Å²) in [5.41, 5.74) is 2.16. The van der Waals surface area contributed by atoms with Crippen LogP contribution in [-0.2, 0) is 0 Å². The molecule has 0 aromatic heterocycles. The van der Waals surface area contributed by atoms with Gasteiger partial charge in [-0.2, -0.15) is 11.8 Å². The Hall–Kier alpha value is -0.190. The smallest absolute Gasteiger partial charge is 0.0762 e. The second-order valence-corrected chi connectivity index (χ2v) is 6.52. The van der Waals surface area contributed by atoms with Crippen LogP contribution in [0, 0.1) is 0 Å². The molecular formula is C13H18BrNOS. The second kappa shape index (κ2) is 5.63. The van der Waals surface area contributed by atoms with E-state index in [2.05, 4.69) is 33.9 Å². The molecule has 0 radical (unpaired) electrons. The number of aliphatic hydroxyl groups is 1. The number of hydrogen-bond donors (Lipinski definition) is 1. The summed E-state index contributed by atoms with van der Waals surface area (Å²) in [7, 11) is 2.15. The fourth-order valence-corrected chi connectivity index (χ4v) is 4.04. The molecule has 0 spiro atoms. The van der Waals surface area contributed by atoms with Crippen LogP contribution in [0.3, 0.4) is 0 Å². The van der Waals surface area contributed by atoms with Crippen LogP contribution >= 0.6 is 27.7 Å². The predicted octanol–water partition coefficient (Wildman–Crippen LogP) is 3.44. The molecule has 17 heavy (non-hydrogen) atoms. The van der Waals surface area contributed by atoms with E-state index in [1.807, 2.05) is 23.9 Å². The summed E-state index contributed by atoms with van der Waals surface area (Å²) in [6, 6.07) is 6.74. The predicted molar refractivity (Wildman–Crippen MR) is 78.9 cm³/mol. The molecule has 1 aromatic rings. The minimum absolute atomic E-state index is 0.410. The summed E-state index contributed by atoms with van der Waals surface area (Å²) in [4.78, 5) is 2.34. The molecule has 0 bridgehead atoms. The van der Waals surface area contributed by atoms with Gasteiger partial charge in [-0.25, -0.2) is 0 Å². The third-order valence-electron chi connectivity index (χ3n) is 3.29. The highest BCUT2D eigenvalue weighted by Gasteiger charge is 2.21. The van der Waals surface area contributed by atoms with Crippen LogP contribution in [0.25, 0.3) is 0 Å². The number of aliphatic hydroxyl groups excluding tert-OH is 1. The maximum atomic E-state index is 9.55. The van der Waals surface area contributed by atoms with Crippen LogP contribution in [0.15, 0.2) is 22.7 Å². The summed E-state index contributed by atoms with van der Waals surface area (Å²) >= 11 is 5.63. The molecule has 1 N–H and O–H groups in total. The van der Waals surface area contributed by atoms with Crippen molar-refractivity contribution in [1.82, 2.24) is 0 Å². The lowest BCUT2D eigenvalue weighted by Gasteiger charge is -2.27. The van der Waals surface area contributed by atoms with Crippen molar-refractivity contribution in [1.29, 1.82) is 0 Å². The summed E-state index contributed by atoms with van der Waals surface area (Å²) in [6.07, 6.45) is 0.846. The van der Waals surface area contributed by atoms with Crippen LogP contribution in [0.2, 0.25) is 0 Å². The number of thioether (sulfide) groups is 1. The van der Waals surface area contributed by atoms with E-state index in [0.717, 1.165) is 10.0 Å². The number of nitrogens with zero attached hydrogens (tertiary/aromatic N) is 1. The van der Waals surface area contributed by atoms with E-state index in [1.165, 1.54) is 23.6 Å². The fourth-order valence-electron chi connectivity index (χ4n) is 2.09. The summed E-state index contributed by atoms with van der Waals surface area (Å²) in [6.45, 7) is 1.79. The molecule has 2 rings (SSSR count). The van der Waals surface area contributed by atoms with E-state index in [1.54, 1.807) is 6.92 Å². The fraction of sp³-hybridized carbons (Fsp3) is 0.538. The second-order valence-electron chi connectivity index (χ2n) is 4.52. The normalized spacial score (nSPS) is 21.5. The Labute approximate surface area is 116 Å². The number of halogens is 1. The van der Waals surface area contributed by atoms with Gasteiger partial charge in [0.05, 0.1) is 11.8 Å². The zero-order valence-corrected chi connectivity index (χ0v) is 12.6. The van der Waals surface area contributed by atoms with Crippen LogP contribution in [0.1, 0.15) is 25.0 Å².